The van der Waals surface area contributed by atoms with Crippen LogP contribution < -0.4 is 10.6 Å². The quantitative estimate of drug-likeness (QED) is 0.477. The van der Waals surface area contributed by atoms with E-state index in [2.05, 4.69) is 20.6 Å². The van der Waals surface area contributed by atoms with Gasteiger partial charge in [-0.15, -0.1) is 11.3 Å². The van der Waals surface area contributed by atoms with Crippen molar-refractivity contribution in [1.29, 1.82) is 0 Å². The minimum Gasteiger partial charge on any atom is -0.352 e. The van der Waals surface area contributed by atoms with Crippen LogP contribution in [0.3, 0.4) is 0 Å². The van der Waals surface area contributed by atoms with E-state index in [1.54, 1.807) is 19.1 Å². The Morgan fingerprint density at radius 2 is 1.84 bits per heavy atom. The standard InChI is InChI=1S/C23H19FN4O2S/c1-13-9-19(18-10-17(24)7-8-20(18)26-13)22(30)28-23-27-21(12-31-23)16-5-3-15(4-6-16)11-25-14(2)29/h3-10,12H,11H2,1-2H3,(H,25,29)(H,27,28,30). The van der Waals surface area contributed by atoms with Gasteiger partial charge in [0, 0.05) is 35.5 Å². The van der Waals surface area contributed by atoms with E-state index >= 15 is 0 Å². The molecule has 156 valence electrons. The average molecular weight is 434 g/mol. The van der Waals surface area contributed by atoms with Gasteiger partial charge in [0.05, 0.1) is 16.8 Å². The maximum Gasteiger partial charge on any atom is 0.258 e. The van der Waals surface area contributed by atoms with Crippen molar-refractivity contribution < 1.29 is 14.0 Å². The molecular weight excluding hydrogens is 415 g/mol. The van der Waals surface area contributed by atoms with Crippen LogP contribution in [0.15, 0.2) is 53.9 Å². The fraction of sp³-hybridized carbons (Fsp3) is 0.130. The number of aryl methyl sites for hydroxylation is 1. The smallest absolute Gasteiger partial charge is 0.258 e. The predicted octanol–water partition coefficient (Wildman–Crippen LogP) is 4.69. The van der Waals surface area contributed by atoms with Crippen molar-refractivity contribution in [3.05, 3.63) is 76.5 Å². The molecule has 0 saturated heterocycles. The van der Waals surface area contributed by atoms with Gasteiger partial charge in [-0.2, -0.15) is 0 Å². The molecule has 2 aromatic carbocycles. The van der Waals surface area contributed by atoms with Gasteiger partial charge in [-0.25, -0.2) is 9.37 Å². The van der Waals surface area contributed by atoms with Gasteiger partial charge in [0.2, 0.25) is 5.91 Å². The Bertz CT molecular complexity index is 1280. The average Bonchev–Trinajstić information content (AvgIpc) is 3.20. The van der Waals surface area contributed by atoms with Crippen LogP contribution >= 0.6 is 11.3 Å². The van der Waals surface area contributed by atoms with Gasteiger partial charge in [0.15, 0.2) is 5.13 Å². The van der Waals surface area contributed by atoms with Crippen molar-refractivity contribution in [3.8, 4) is 11.3 Å². The molecule has 31 heavy (non-hydrogen) atoms. The number of benzene rings is 2. The summed E-state index contributed by atoms with van der Waals surface area (Å²) in [6.07, 6.45) is 0. The van der Waals surface area contributed by atoms with Crippen LogP contribution in [0.4, 0.5) is 9.52 Å². The summed E-state index contributed by atoms with van der Waals surface area (Å²) in [6.45, 7) is 3.73. The Labute approximate surface area is 182 Å². The summed E-state index contributed by atoms with van der Waals surface area (Å²) in [5.41, 5.74) is 4.19. The Balaban J connectivity index is 1.53. The highest BCUT2D eigenvalue weighted by molar-refractivity contribution is 7.14. The van der Waals surface area contributed by atoms with Crippen molar-refractivity contribution in [3.63, 3.8) is 0 Å². The molecule has 0 aliphatic carbocycles. The number of thiazole rings is 1. The number of nitrogens with one attached hydrogen (secondary N) is 2. The van der Waals surface area contributed by atoms with E-state index in [4.69, 9.17) is 0 Å². The highest BCUT2D eigenvalue weighted by atomic mass is 32.1. The molecule has 0 fully saturated rings. The normalized spacial score (nSPS) is 10.8. The van der Waals surface area contributed by atoms with E-state index in [0.717, 1.165) is 16.8 Å². The molecule has 0 unspecified atom stereocenters. The molecule has 8 heteroatoms. The predicted molar refractivity (Wildman–Crippen MR) is 119 cm³/mol. The second kappa shape index (κ2) is 8.61. The van der Waals surface area contributed by atoms with Crippen molar-refractivity contribution in [2.75, 3.05) is 5.32 Å². The first kappa shape index (κ1) is 20.6. The van der Waals surface area contributed by atoms with E-state index in [-0.39, 0.29) is 11.8 Å². The van der Waals surface area contributed by atoms with Crippen LogP contribution in [0.5, 0.6) is 0 Å². The molecule has 0 aliphatic heterocycles. The zero-order chi connectivity index (χ0) is 22.0. The Hall–Kier alpha value is -3.65. The third-order valence-electron chi connectivity index (χ3n) is 4.66. The topological polar surface area (TPSA) is 84.0 Å². The summed E-state index contributed by atoms with van der Waals surface area (Å²) in [6, 6.07) is 13.5. The lowest BCUT2D eigenvalue weighted by molar-refractivity contribution is -0.119. The highest BCUT2D eigenvalue weighted by Gasteiger charge is 2.15. The number of anilines is 1. The zero-order valence-corrected chi connectivity index (χ0v) is 17.7. The first-order chi connectivity index (χ1) is 14.9. The fourth-order valence-corrected chi connectivity index (χ4v) is 3.88. The third-order valence-corrected chi connectivity index (χ3v) is 5.42. The molecule has 0 aliphatic rings. The first-order valence-electron chi connectivity index (χ1n) is 9.56. The molecule has 0 radical (unpaired) electrons. The van der Waals surface area contributed by atoms with Crippen LogP contribution in [-0.4, -0.2) is 21.8 Å². The number of rotatable bonds is 5. The molecule has 0 atom stereocenters. The molecular formula is C23H19FN4O2S. The third kappa shape index (κ3) is 4.75. The second-order valence-electron chi connectivity index (χ2n) is 7.07. The molecule has 2 heterocycles. The number of carbonyl (C=O) groups excluding carboxylic acids is 2. The van der Waals surface area contributed by atoms with Gasteiger partial charge in [-0.1, -0.05) is 24.3 Å². The number of halogens is 1. The number of hydrogen-bond donors (Lipinski definition) is 2. The van der Waals surface area contributed by atoms with Crippen LogP contribution in [0.2, 0.25) is 0 Å². The number of nitrogens with zero attached hydrogens (tertiary/aromatic N) is 2. The molecule has 0 saturated carbocycles. The number of fused-ring (bicyclic) bond motifs is 1. The monoisotopic (exact) mass is 434 g/mol. The summed E-state index contributed by atoms with van der Waals surface area (Å²) in [7, 11) is 0. The summed E-state index contributed by atoms with van der Waals surface area (Å²) in [5.74, 6) is -0.873. The minimum atomic E-state index is -0.425. The molecule has 2 aromatic heterocycles. The summed E-state index contributed by atoms with van der Waals surface area (Å²) >= 11 is 1.31. The molecule has 0 spiro atoms. The number of aromatic nitrogens is 2. The van der Waals surface area contributed by atoms with Gasteiger partial charge in [-0.3, -0.25) is 19.9 Å². The van der Waals surface area contributed by atoms with E-state index in [0.29, 0.717) is 33.8 Å². The number of hydrogen-bond acceptors (Lipinski definition) is 5. The van der Waals surface area contributed by atoms with Crippen molar-refractivity contribution in [1.82, 2.24) is 15.3 Å². The van der Waals surface area contributed by atoms with Gasteiger partial charge < -0.3 is 5.32 Å². The Kier molecular flexibility index (Phi) is 5.73. The molecule has 2 amide bonds. The molecule has 0 bridgehead atoms. The summed E-state index contributed by atoms with van der Waals surface area (Å²) in [4.78, 5) is 32.8. The molecule has 4 rings (SSSR count). The van der Waals surface area contributed by atoms with Gasteiger partial charge in [0.25, 0.3) is 5.91 Å². The number of carbonyl (C=O) groups is 2. The second-order valence-corrected chi connectivity index (χ2v) is 7.93. The summed E-state index contributed by atoms with van der Waals surface area (Å²) in [5, 5.41) is 8.31. The lowest BCUT2D eigenvalue weighted by Crippen LogP contribution is -2.18. The molecule has 2 N–H and O–H groups in total. The lowest BCUT2D eigenvalue weighted by atomic mass is 10.1. The summed E-state index contributed by atoms with van der Waals surface area (Å²) < 4.78 is 13.7. The molecule has 4 aromatic rings. The molecule has 6 nitrogen and oxygen atoms in total. The van der Waals surface area contributed by atoms with E-state index in [1.165, 1.54) is 30.4 Å². The zero-order valence-electron chi connectivity index (χ0n) is 16.9. The Morgan fingerprint density at radius 1 is 1.06 bits per heavy atom. The first-order valence-corrected chi connectivity index (χ1v) is 10.4. The van der Waals surface area contributed by atoms with Crippen LogP contribution in [0, 0.1) is 12.7 Å². The van der Waals surface area contributed by atoms with E-state index in [9.17, 15) is 14.0 Å². The minimum absolute atomic E-state index is 0.0798. The SMILES string of the molecule is CC(=O)NCc1ccc(-c2csc(NC(=O)c3cc(C)nc4ccc(F)cc34)n2)cc1. The van der Waals surface area contributed by atoms with E-state index in [1.807, 2.05) is 29.6 Å². The largest absolute Gasteiger partial charge is 0.352 e. The lowest BCUT2D eigenvalue weighted by Gasteiger charge is -2.07. The van der Waals surface area contributed by atoms with Gasteiger partial charge in [-0.05, 0) is 36.8 Å². The Morgan fingerprint density at radius 3 is 2.58 bits per heavy atom. The van der Waals surface area contributed by atoms with Crippen molar-refractivity contribution >= 4 is 39.2 Å². The maximum atomic E-state index is 13.7. The number of pyridine rings is 1. The van der Waals surface area contributed by atoms with E-state index < -0.39 is 5.82 Å². The fourth-order valence-electron chi connectivity index (χ4n) is 3.17. The van der Waals surface area contributed by atoms with Crippen LogP contribution in [0.25, 0.3) is 22.2 Å². The van der Waals surface area contributed by atoms with Crippen LogP contribution in [0.1, 0.15) is 28.5 Å². The highest BCUT2D eigenvalue weighted by Crippen LogP contribution is 2.27. The van der Waals surface area contributed by atoms with Crippen molar-refractivity contribution in [2.24, 2.45) is 0 Å². The maximum absolute atomic E-state index is 13.7. The van der Waals surface area contributed by atoms with Crippen molar-refractivity contribution in [2.45, 2.75) is 20.4 Å². The number of amides is 2. The van der Waals surface area contributed by atoms with Gasteiger partial charge in [0.1, 0.15) is 5.82 Å². The van der Waals surface area contributed by atoms with Gasteiger partial charge >= 0.3 is 0 Å². The van der Waals surface area contributed by atoms with Crippen LogP contribution in [-0.2, 0) is 11.3 Å².